The summed E-state index contributed by atoms with van der Waals surface area (Å²) in [5.74, 6) is -1.49. The molecule has 0 N–H and O–H groups in total. The summed E-state index contributed by atoms with van der Waals surface area (Å²) in [6.45, 7) is 1.16. The van der Waals surface area contributed by atoms with Crippen molar-refractivity contribution in [3.63, 3.8) is 0 Å². The van der Waals surface area contributed by atoms with E-state index < -0.39 is 11.9 Å². The summed E-state index contributed by atoms with van der Waals surface area (Å²) in [6.07, 6.45) is 0.752. The first-order chi connectivity index (χ1) is 11.7. The maximum atomic E-state index is 12.9. The molecule has 0 bridgehead atoms. The summed E-state index contributed by atoms with van der Waals surface area (Å²) in [4.78, 5) is 27.0. The minimum Gasteiger partial charge on any atom is -0.468 e. The number of amides is 1. The minimum atomic E-state index is -0.769. The number of piperidine rings is 1. The van der Waals surface area contributed by atoms with Crippen molar-refractivity contribution in [3.8, 4) is 0 Å². The molecule has 2 aromatic rings. The smallest absolute Gasteiger partial charge is 0.318 e. The van der Waals surface area contributed by atoms with E-state index in [0.29, 0.717) is 13.1 Å². The minimum absolute atomic E-state index is 0.127. The van der Waals surface area contributed by atoms with Crippen LogP contribution in [0.15, 0.2) is 60.7 Å². The molecule has 4 heteroatoms. The Bertz CT molecular complexity index is 699. The van der Waals surface area contributed by atoms with E-state index in [1.54, 1.807) is 4.90 Å². The molecule has 2 atom stereocenters. The fourth-order valence-electron chi connectivity index (χ4n) is 3.35. The largest absolute Gasteiger partial charge is 0.468 e. The summed E-state index contributed by atoms with van der Waals surface area (Å²) in [5.41, 5.74) is 2.08. The fraction of sp³-hybridized carbons (Fsp3) is 0.300. The maximum absolute atomic E-state index is 12.9. The first kappa shape index (κ1) is 16.2. The Morgan fingerprint density at radius 3 is 2.33 bits per heavy atom. The summed E-state index contributed by atoms with van der Waals surface area (Å²) >= 11 is 0. The third-order valence-electron chi connectivity index (χ3n) is 4.59. The molecule has 1 aliphatic rings. The average Bonchev–Trinajstić information content (AvgIpc) is 2.64. The van der Waals surface area contributed by atoms with E-state index in [2.05, 4.69) is 0 Å². The molecule has 0 aliphatic carbocycles. The van der Waals surface area contributed by atoms with Crippen molar-refractivity contribution in [2.45, 2.75) is 18.9 Å². The predicted octanol–water partition coefficient (Wildman–Crippen LogP) is 2.99. The maximum Gasteiger partial charge on any atom is 0.318 e. The molecule has 0 spiro atoms. The number of likely N-dealkylation sites (tertiary alicyclic amines) is 1. The van der Waals surface area contributed by atoms with Crippen molar-refractivity contribution >= 4 is 11.9 Å². The number of carbonyl (C=O) groups excluding carboxylic acids is 2. The standard InChI is InChI=1S/C20H21NO3/c1-24-20(23)18-17(16-10-6-3-7-11-16)12-13-21(19(18)22)14-15-8-4-2-5-9-15/h2-11,17-18H,12-14H2,1H3/t17-,18-/m1/s1. The molecular formula is C20H21NO3. The predicted molar refractivity (Wildman–Crippen MR) is 91.2 cm³/mol. The highest BCUT2D eigenvalue weighted by atomic mass is 16.5. The van der Waals surface area contributed by atoms with Crippen LogP contribution in [0.2, 0.25) is 0 Å². The summed E-state index contributed by atoms with van der Waals surface area (Å²) in [6, 6.07) is 19.6. The number of benzene rings is 2. The van der Waals surface area contributed by atoms with Crippen molar-refractivity contribution in [1.82, 2.24) is 4.90 Å². The van der Waals surface area contributed by atoms with Crippen LogP contribution in [0, 0.1) is 5.92 Å². The van der Waals surface area contributed by atoms with Gasteiger partial charge in [0.2, 0.25) is 5.91 Å². The second kappa shape index (κ2) is 7.30. The molecule has 0 aromatic heterocycles. The van der Waals surface area contributed by atoms with Gasteiger partial charge >= 0.3 is 5.97 Å². The Morgan fingerprint density at radius 2 is 1.71 bits per heavy atom. The number of esters is 1. The van der Waals surface area contributed by atoms with E-state index in [0.717, 1.165) is 17.5 Å². The molecule has 1 amide bonds. The molecule has 3 rings (SSSR count). The zero-order valence-electron chi connectivity index (χ0n) is 13.7. The van der Waals surface area contributed by atoms with Gasteiger partial charge in [-0.1, -0.05) is 60.7 Å². The summed E-state index contributed by atoms with van der Waals surface area (Å²) in [7, 11) is 1.34. The number of hydrogen-bond acceptors (Lipinski definition) is 3. The van der Waals surface area contributed by atoms with Gasteiger partial charge in [-0.15, -0.1) is 0 Å². The van der Waals surface area contributed by atoms with Gasteiger partial charge < -0.3 is 9.64 Å². The van der Waals surface area contributed by atoms with Crippen LogP contribution in [0.1, 0.15) is 23.5 Å². The van der Waals surface area contributed by atoms with Crippen LogP contribution in [0.4, 0.5) is 0 Å². The van der Waals surface area contributed by atoms with Gasteiger partial charge in [0.1, 0.15) is 5.92 Å². The number of carbonyl (C=O) groups is 2. The molecule has 24 heavy (non-hydrogen) atoms. The number of nitrogens with zero attached hydrogens (tertiary/aromatic N) is 1. The molecule has 1 saturated heterocycles. The third kappa shape index (κ3) is 3.32. The molecule has 4 nitrogen and oxygen atoms in total. The Hall–Kier alpha value is -2.62. The second-order valence-corrected chi connectivity index (χ2v) is 6.05. The van der Waals surface area contributed by atoms with E-state index in [1.165, 1.54) is 7.11 Å². The van der Waals surface area contributed by atoms with Crippen LogP contribution < -0.4 is 0 Å². The lowest BCUT2D eigenvalue weighted by Crippen LogP contribution is -2.47. The van der Waals surface area contributed by atoms with Crippen molar-refractivity contribution < 1.29 is 14.3 Å². The molecule has 1 heterocycles. The first-order valence-electron chi connectivity index (χ1n) is 8.16. The Labute approximate surface area is 142 Å². The van der Waals surface area contributed by atoms with Crippen LogP contribution in [0.25, 0.3) is 0 Å². The molecule has 1 fully saturated rings. The zero-order valence-corrected chi connectivity index (χ0v) is 13.7. The highest BCUT2D eigenvalue weighted by molar-refractivity contribution is 5.99. The lowest BCUT2D eigenvalue weighted by Gasteiger charge is -2.36. The van der Waals surface area contributed by atoms with E-state index in [4.69, 9.17) is 4.74 Å². The second-order valence-electron chi connectivity index (χ2n) is 6.05. The quantitative estimate of drug-likeness (QED) is 0.642. The summed E-state index contributed by atoms with van der Waals surface area (Å²) < 4.78 is 4.92. The van der Waals surface area contributed by atoms with Gasteiger partial charge in [-0.2, -0.15) is 0 Å². The number of ether oxygens (including phenoxy) is 1. The van der Waals surface area contributed by atoms with Gasteiger partial charge in [-0.25, -0.2) is 0 Å². The lowest BCUT2D eigenvalue weighted by molar-refractivity contribution is -0.157. The molecule has 0 saturated carbocycles. The van der Waals surface area contributed by atoms with Crippen molar-refractivity contribution in [2.24, 2.45) is 5.92 Å². The van der Waals surface area contributed by atoms with Crippen molar-refractivity contribution in [2.75, 3.05) is 13.7 Å². The van der Waals surface area contributed by atoms with E-state index >= 15 is 0 Å². The zero-order chi connectivity index (χ0) is 16.9. The van der Waals surface area contributed by atoms with Gasteiger partial charge in [0.05, 0.1) is 7.11 Å². The first-order valence-corrected chi connectivity index (χ1v) is 8.16. The van der Waals surface area contributed by atoms with Gasteiger partial charge in [0.25, 0.3) is 0 Å². The highest BCUT2D eigenvalue weighted by Crippen LogP contribution is 2.35. The Morgan fingerprint density at radius 1 is 1.08 bits per heavy atom. The van der Waals surface area contributed by atoms with E-state index in [1.807, 2.05) is 60.7 Å². The number of hydrogen-bond donors (Lipinski definition) is 0. The Balaban J connectivity index is 1.84. The monoisotopic (exact) mass is 323 g/mol. The molecular weight excluding hydrogens is 302 g/mol. The van der Waals surface area contributed by atoms with Gasteiger partial charge in [-0.05, 0) is 17.5 Å². The molecule has 2 aromatic carbocycles. The number of methoxy groups -OCH3 is 1. The molecule has 1 aliphatic heterocycles. The van der Waals surface area contributed by atoms with E-state index in [9.17, 15) is 9.59 Å². The van der Waals surface area contributed by atoms with Gasteiger partial charge in [-0.3, -0.25) is 9.59 Å². The SMILES string of the molecule is COC(=O)[C@H]1C(=O)N(Cc2ccccc2)CC[C@@H]1c1ccccc1. The van der Waals surface area contributed by atoms with Crippen LogP contribution in [0.3, 0.4) is 0 Å². The van der Waals surface area contributed by atoms with Crippen molar-refractivity contribution in [3.05, 3.63) is 71.8 Å². The molecule has 124 valence electrons. The normalized spacial score (nSPS) is 20.7. The third-order valence-corrected chi connectivity index (χ3v) is 4.59. The van der Waals surface area contributed by atoms with Gasteiger partial charge in [0, 0.05) is 19.0 Å². The molecule has 0 radical (unpaired) electrons. The lowest BCUT2D eigenvalue weighted by atomic mass is 9.79. The summed E-state index contributed by atoms with van der Waals surface area (Å²) in [5, 5.41) is 0. The van der Waals surface area contributed by atoms with Crippen LogP contribution >= 0.6 is 0 Å². The van der Waals surface area contributed by atoms with Gasteiger partial charge in [0.15, 0.2) is 0 Å². The Kier molecular flexibility index (Phi) is 4.94. The van der Waals surface area contributed by atoms with Crippen LogP contribution in [-0.2, 0) is 20.9 Å². The fourth-order valence-corrected chi connectivity index (χ4v) is 3.35. The van der Waals surface area contributed by atoms with Crippen LogP contribution in [0.5, 0.6) is 0 Å². The van der Waals surface area contributed by atoms with Crippen LogP contribution in [-0.4, -0.2) is 30.4 Å². The highest BCUT2D eigenvalue weighted by Gasteiger charge is 2.42. The molecule has 0 unspecified atom stereocenters. The number of rotatable bonds is 4. The topological polar surface area (TPSA) is 46.6 Å². The average molecular weight is 323 g/mol. The van der Waals surface area contributed by atoms with E-state index in [-0.39, 0.29) is 11.8 Å². The van der Waals surface area contributed by atoms with Crippen molar-refractivity contribution in [1.29, 1.82) is 0 Å².